The van der Waals surface area contributed by atoms with E-state index in [1.807, 2.05) is 0 Å². The van der Waals surface area contributed by atoms with Crippen molar-refractivity contribution in [2.45, 2.75) is 19.3 Å². The van der Waals surface area contributed by atoms with Crippen LogP contribution in [0.25, 0.3) is 0 Å². The molecule has 1 fully saturated rings. The molecule has 0 atom stereocenters. The van der Waals surface area contributed by atoms with Gasteiger partial charge in [0.2, 0.25) is 5.82 Å². The molecule has 2 nitrogen and oxygen atoms in total. The molecule has 1 aromatic rings. The van der Waals surface area contributed by atoms with E-state index in [-0.39, 0.29) is 17.8 Å². The van der Waals surface area contributed by atoms with E-state index < -0.39 is 11.6 Å². The first kappa shape index (κ1) is 10.9. The lowest BCUT2D eigenvalue weighted by Gasteiger charge is -2.13. The van der Waals surface area contributed by atoms with Crippen molar-refractivity contribution >= 4 is 0 Å². The summed E-state index contributed by atoms with van der Waals surface area (Å²) in [6.45, 7) is 0.279. The van der Waals surface area contributed by atoms with Gasteiger partial charge in [0.25, 0.3) is 0 Å². The normalized spacial score (nSPS) is 16.6. The maximum absolute atomic E-state index is 13.2. The van der Waals surface area contributed by atoms with Gasteiger partial charge in [0, 0.05) is 11.8 Å². The van der Waals surface area contributed by atoms with Gasteiger partial charge in [-0.05, 0) is 25.0 Å². The van der Waals surface area contributed by atoms with Crippen LogP contribution in [-0.4, -0.2) is 6.61 Å². The SMILES string of the molecule is N#CCC1(COc2cccc(F)c2F)CC1. The van der Waals surface area contributed by atoms with Crippen molar-refractivity contribution in [2.75, 3.05) is 6.61 Å². The summed E-state index contributed by atoms with van der Waals surface area (Å²) < 4.78 is 31.3. The first-order valence-corrected chi connectivity index (χ1v) is 5.11. The summed E-state index contributed by atoms with van der Waals surface area (Å²) in [6.07, 6.45) is 2.24. The summed E-state index contributed by atoms with van der Waals surface area (Å²) in [4.78, 5) is 0. The van der Waals surface area contributed by atoms with Crippen molar-refractivity contribution in [2.24, 2.45) is 5.41 Å². The highest BCUT2D eigenvalue weighted by Gasteiger charge is 2.43. The number of halogens is 2. The highest BCUT2D eigenvalue weighted by atomic mass is 19.2. The number of benzene rings is 1. The van der Waals surface area contributed by atoms with Gasteiger partial charge in [0.05, 0.1) is 12.7 Å². The molecule has 16 heavy (non-hydrogen) atoms. The molecule has 0 N–H and O–H groups in total. The largest absolute Gasteiger partial charge is 0.490 e. The second-order valence-corrected chi connectivity index (χ2v) is 4.18. The number of ether oxygens (including phenoxy) is 1. The molecule has 0 spiro atoms. The Morgan fingerprint density at radius 2 is 2.12 bits per heavy atom. The molecule has 0 aliphatic heterocycles. The minimum atomic E-state index is -0.963. The van der Waals surface area contributed by atoms with Gasteiger partial charge in [-0.15, -0.1) is 0 Å². The average molecular weight is 223 g/mol. The van der Waals surface area contributed by atoms with Gasteiger partial charge in [0.15, 0.2) is 11.6 Å². The molecule has 84 valence electrons. The second-order valence-electron chi connectivity index (χ2n) is 4.18. The van der Waals surface area contributed by atoms with E-state index in [0.29, 0.717) is 6.42 Å². The molecule has 0 bridgehead atoms. The van der Waals surface area contributed by atoms with Gasteiger partial charge < -0.3 is 4.74 Å². The Labute approximate surface area is 92.5 Å². The Hall–Kier alpha value is -1.63. The van der Waals surface area contributed by atoms with Gasteiger partial charge in [-0.2, -0.15) is 9.65 Å². The molecule has 1 aliphatic rings. The van der Waals surface area contributed by atoms with Crippen molar-refractivity contribution in [3.05, 3.63) is 29.8 Å². The van der Waals surface area contributed by atoms with E-state index in [1.165, 1.54) is 12.1 Å². The van der Waals surface area contributed by atoms with Crippen LogP contribution in [0.5, 0.6) is 5.75 Å². The van der Waals surface area contributed by atoms with Gasteiger partial charge in [-0.25, -0.2) is 4.39 Å². The zero-order chi connectivity index (χ0) is 11.6. The highest BCUT2D eigenvalue weighted by molar-refractivity contribution is 5.25. The van der Waals surface area contributed by atoms with Crippen molar-refractivity contribution in [3.63, 3.8) is 0 Å². The summed E-state index contributed by atoms with van der Waals surface area (Å²) in [5.74, 6) is -1.96. The molecule has 4 heteroatoms. The molecule has 1 saturated carbocycles. The summed E-state index contributed by atoms with van der Waals surface area (Å²) in [7, 11) is 0. The fourth-order valence-corrected chi connectivity index (χ4v) is 1.54. The van der Waals surface area contributed by atoms with Crippen LogP contribution in [0.15, 0.2) is 18.2 Å². The third-order valence-corrected chi connectivity index (χ3v) is 2.86. The third kappa shape index (κ3) is 2.13. The Bertz CT molecular complexity index is 435. The molecule has 0 saturated heterocycles. The van der Waals surface area contributed by atoms with E-state index in [0.717, 1.165) is 18.9 Å². The van der Waals surface area contributed by atoms with Crippen molar-refractivity contribution < 1.29 is 13.5 Å². The molecule has 0 heterocycles. The van der Waals surface area contributed by atoms with Crippen molar-refractivity contribution in [3.8, 4) is 11.8 Å². The highest BCUT2D eigenvalue weighted by Crippen LogP contribution is 2.48. The van der Waals surface area contributed by atoms with E-state index in [4.69, 9.17) is 10.00 Å². The number of nitriles is 1. The van der Waals surface area contributed by atoms with Crippen LogP contribution in [0, 0.1) is 28.4 Å². The molecule has 2 rings (SSSR count). The lowest BCUT2D eigenvalue weighted by molar-refractivity contribution is 0.225. The Morgan fingerprint density at radius 3 is 2.75 bits per heavy atom. The molecular weight excluding hydrogens is 212 g/mol. The third-order valence-electron chi connectivity index (χ3n) is 2.86. The predicted molar refractivity (Wildman–Crippen MR) is 53.8 cm³/mol. The van der Waals surface area contributed by atoms with Crippen LogP contribution in [0.4, 0.5) is 8.78 Å². The minimum absolute atomic E-state index is 0.0794. The molecule has 1 aliphatic carbocycles. The Kier molecular flexibility index (Phi) is 2.78. The van der Waals surface area contributed by atoms with E-state index in [2.05, 4.69) is 6.07 Å². The van der Waals surface area contributed by atoms with Gasteiger partial charge >= 0.3 is 0 Å². The monoisotopic (exact) mass is 223 g/mol. The van der Waals surface area contributed by atoms with Crippen LogP contribution in [0.1, 0.15) is 19.3 Å². The summed E-state index contributed by atoms with van der Waals surface area (Å²) in [5, 5.41) is 8.60. The maximum Gasteiger partial charge on any atom is 0.200 e. The molecule has 0 unspecified atom stereocenters. The average Bonchev–Trinajstić information content (AvgIpc) is 3.02. The minimum Gasteiger partial charge on any atom is -0.490 e. The van der Waals surface area contributed by atoms with Crippen LogP contribution in [-0.2, 0) is 0 Å². The van der Waals surface area contributed by atoms with Crippen molar-refractivity contribution in [1.82, 2.24) is 0 Å². The fraction of sp³-hybridized carbons (Fsp3) is 0.417. The lowest BCUT2D eigenvalue weighted by Crippen LogP contribution is -2.13. The topological polar surface area (TPSA) is 33.0 Å². The Balaban J connectivity index is 2.00. The quantitative estimate of drug-likeness (QED) is 0.786. The van der Waals surface area contributed by atoms with Crippen LogP contribution >= 0.6 is 0 Å². The predicted octanol–water partition coefficient (Wildman–Crippen LogP) is 3.04. The van der Waals surface area contributed by atoms with Gasteiger partial charge in [-0.1, -0.05) is 6.07 Å². The van der Waals surface area contributed by atoms with Crippen molar-refractivity contribution in [1.29, 1.82) is 5.26 Å². The Morgan fingerprint density at radius 1 is 1.38 bits per heavy atom. The first-order valence-electron chi connectivity index (χ1n) is 5.11. The molecular formula is C12H11F2NO. The van der Waals surface area contributed by atoms with Gasteiger partial charge in [0.1, 0.15) is 0 Å². The molecule has 1 aromatic carbocycles. The standard InChI is InChI=1S/C12H11F2NO/c13-9-2-1-3-10(11(9)14)16-8-12(4-5-12)6-7-15/h1-3H,4-6,8H2. The summed E-state index contributed by atoms with van der Waals surface area (Å²) >= 11 is 0. The smallest absolute Gasteiger partial charge is 0.200 e. The zero-order valence-electron chi connectivity index (χ0n) is 8.67. The summed E-state index contributed by atoms with van der Waals surface area (Å²) in [5.41, 5.74) is -0.131. The molecule has 0 aromatic heterocycles. The molecule has 0 radical (unpaired) electrons. The first-order chi connectivity index (χ1) is 7.67. The molecule has 0 amide bonds. The number of hydrogen-bond donors (Lipinski definition) is 0. The van der Waals surface area contributed by atoms with E-state index in [9.17, 15) is 8.78 Å². The zero-order valence-corrected chi connectivity index (χ0v) is 8.67. The lowest BCUT2D eigenvalue weighted by atomic mass is 10.1. The summed E-state index contributed by atoms with van der Waals surface area (Å²) in [6, 6.07) is 5.92. The number of rotatable bonds is 4. The maximum atomic E-state index is 13.2. The number of nitrogens with zero attached hydrogens (tertiary/aromatic N) is 1. The van der Waals surface area contributed by atoms with Gasteiger partial charge in [-0.3, -0.25) is 0 Å². The van der Waals surface area contributed by atoms with Crippen LogP contribution in [0.2, 0.25) is 0 Å². The second kappa shape index (κ2) is 4.09. The van der Waals surface area contributed by atoms with Crippen LogP contribution in [0.3, 0.4) is 0 Å². The fourth-order valence-electron chi connectivity index (χ4n) is 1.54. The van der Waals surface area contributed by atoms with Crippen LogP contribution < -0.4 is 4.74 Å². The van der Waals surface area contributed by atoms with E-state index >= 15 is 0 Å². The van der Waals surface area contributed by atoms with E-state index in [1.54, 1.807) is 0 Å². The number of hydrogen-bond acceptors (Lipinski definition) is 2.